The summed E-state index contributed by atoms with van der Waals surface area (Å²) in [4.78, 5) is 65.0. The third-order valence-electron chi connectivity index (χ3n) is 9.24. The number of fused-ring (bicyclic) bond motifs is 2. The fourth-order valence-electron chi connectivity index (χ4n) is 6.47. The van der Waals surface area contributed by atoms with Crippen LogP contribution < -0.4 is 16.6 Å². The second-order valence-electron chi connectivity index (χ2n) is 12.8. The minimum absolute atomic E-state index is 0.129. The maximum Gasteiger partial charge on any atom is 0.344 e. The van der Waals surface area contributed by atoms with E-state index in [9.17, 15) is 34.2 Å². The van der Waals surface area contributed by atoms with Crippen LogP contribution in [0.25, 0.3) is 21.9 Å². The topological polar surface area (TPSA) is 167 Å². The van der Waals surface area contributed by atoms with Crippen molar-refractivity contribution in [1.29, 1.82) is 0 Å². The third kappa shape index (κ3) is 8.59. The lowest BCUT2D eigenvalue weighted by molar-refractivity contribution is -0.144. The number of rotatable bonds is 16. The van der Waals surface area contributed by atoms with Crippen LogP contribution in [-0.2, 0) is 14.4 Å². The Morgan fingerprint density at radius 3 is 1.62 bits per heavy atom. The number of amides is 3. The molecule has 3 aromatic carbocycles. The summed E-state index contributed by atoms with van der Waals surface area (Å²) in [5.41, 5.74) is -1.07. The van der Waals surface area contributed by atoms with E-state index >= 15 is 0 Å². The summed E-state index contributed by atoms with van der Waals surface area (Å²) in [7, 11) is 0. The van der Waals surface area contributed by atoms with Gasteiger partial charge in [0.15, 0.2) is 0 Å². The Kier molecular flexibility index (Phi) is 12.6. The van der Waals surface area contributed by atoms with E-state index in [1.807, 2.05) is 0 Å². The zero-order valence-electron chi connectivity index (χ0n) is 29.5. The van der Waals surface area contributed by atoms with Crippen molar-refractivity contribution >= 4 is 45.3 Å². The Balaban J connectivity index is 1.23. The molecule has 0 aliphatic rings. The van der Waals surface area contributed by atoms with E-state index in [1.54, 1.807) is 86.6 Å². The number of unbranched alkanes of at least 4 members (excludes halogenated alkanes) is 6. The van der Waals surface area contributed by atoms with Crippen LogP contribution in [0.5, 0.6) is 11.5 Å². The third-order valence-corrected chi connectivity index (χ3v) is 9.24. The standard InChI is InChI=1S/C41H44N2O9/c1-3-33(45)43(34(46)4-2)25-15-9-7-5-6-8-10-20-32(44)42-27-23-21-26(22-24-27)35(36-38(47)28-16-11-13-18-30(28)51-40(36)49)37-39(48)29-17-12-14-19-31(29)52-41(37)50/h11-14,16-19,21-24,35,47-48H,3-10,15,20,25H2,1-2H3,(H,42,44). The Hall–Kier alpha value is -5.71. The number of nitrogens with one attached hydrogen (secondary N) is 1. The van der Waals surface area contributed by atoms with Crippen LogP contribution in [0.1, 0.15) is 101 Å². The SMILES string of the molecule is CCC(=O)N(CCCCCCCCCC(=O)Nc1ccc(C(c2c(O)c3ccccc3oc2=O)c2c(O)c3ccccc3oc2=O)cc1)C(=O)CC. The highest BCUT2D eigenvalue weighted by atomic mass is 16.4. The first-order valence-corrected chi connectivity index (χ1v) is 17.9. The van der Waals surface area contributed by atoms with Gasteiger partial charge in [0, 0.05) is 31.5 Å². The zero-order chi connectivity index (χ0) is 37.2. The molecule has 2 heterocycles. The van der Waals surface area contributed by atoms with Crippen molar-refractivity contribution in [2.24, 2.45) is 0 Å². The molecule has 0 aliphatic carbocycles. The lowest BCUT2D eigenvalue weighted by Crippen LogP contribution is -2.36. The summed E-state index contributed by atoms with van der Waals surface area (Å²) < 4.78 is 11.1. The van der Waals surface area contributed by atoms with Crippen molar-refractivity contribution < 1.29 is 33.4 Å². The van der Waals surface area contributed by atoms with Gasteiger partial charge in [-0.2, -0.15) is 0 Å². The number of carbonyl (C=O) groups excluding carboxylic acids is 3. The summed E-state index contributed by atoms with van der Waals surface area (Å²) in [6.07, 6.45) is 7.25. The fraction of sp³-hybridized carbons (Fsp3) is 0.341. The first-order chi connectivity index (χ1) is 25.1. The molecule has 11 nitrogen and oxygen atoms in total. The molecule has 3 N–H and O–H groups in total. The Bertz CT molecular complexity index is 2050. The molecular weight excluding hydrogens is 664 g/mol. The van der Waals surface area contributed by atoms with Gasteiger partial charge in [0.25, 0.3) is 0 Å². The number of hydrogen-bond donors (Lipinski definition) is 3. The molecule has 0 atom stereocenters. The van der Waals surface area contributed by atoms with Gasteiger partial charge in [0.2, 0.25) is 17.7 Å². The highest BCUT2D eigenvalue weighted by Gasteiger charge is 2.32. The highest BCUT2D eigenvalue weighted by molar-refractivity contribution is 5.95. The number of benzene rings is 3. The van der Waals surface area contributed by atoms with Gasteiger partial charge in [-0.05, 0) is 54.8 Å². The molecule has 0 unspecified atom stereocenters. The van der Waals surface area contributed by atoms with E-state index in [1.165, 1.54) is 4.90 Å². The van der Waals surface area contributed by atoms with Crippen LogP contribution in [0.4, 0.5) is 5.69 Å². The maximum absolute atomic E-state index is 13.4. The summed E-state index contributed by atoms with van der Waals surface area (Å²) in [5.74, 6) is -2.47. The molecule has 0 aliphatic heterocycles. The van der Waals surface area contributed by atoms with Gasteiger partial charge in [-0.1, -0.05) is 82.3 Å². The predicted molar refractivity (Wildman–Crippen MR) is 199 cm³/mol. The smallest absolute Gasteiger partial charge is 0.344 e. The first kappa shape index (κ1) is 37.5. The van der Waals surface area contributed by atoms with Gasteiger partial charge in [0.05, 0.1) is 27.8 Å². The Morgan fingerprint density at radius 1 is 0.654 bits per heavy atom. The summed E-state index contributed by atoms with van der Waals surface area (Å²) in [6.45, 7) is 3.98. The lowest BCUT2D eigenvalue weighted by atomic mass is 9.84. The molecule has 0 saturated carbocycles. The van der Waals surface area contributed by atoms with Gasteiger partial charge in [-0.15, -0.1) is 0 Å². The fourth-order valence-corrected chi connectivity index (χ4v) is 6.47. The second kappa shape index (κ2) is 17.5. The zero-order valence-corrected chi connectivity index (χ0v) is 29.5. The largest absolute Gasteiger partial charge is 0.507 e. The van der Waals surface area contributed by atoms with Crippen molar-refractivity contribution in [1.82, 2.24) is 4.90 Å². The summed E-state index contributed by atoms with van der Waals surface area (Å²) >= 11 is 0. The van der Waals surface area contributed by atoms with Crippen molar-refractivity contribution in [3.63, 3.8) is 0 Å². The lowest BCUT2D eigenvalue weighted by Gasteiger charge is -2.20. The van der Waals surface area contributed by atoms with Crippen molar-refractivity contribution in [2.45, 2.75) is 84.0 Å². The number of imide groups is 1. The molecule has 0 fully saturated rings. The van der Waals surface area contributed by atoms with Crippen LogP contribution in [-0.4, -0.2) is 39.4 Å². The number of carbonyl (C=O) groups is 3. The number of anilines is 1. The summed E-state index contributed by atoms with van der Waals surface area (Å²) in [6, 6.07) is 19.4. The minimum Gasteiger partial charge on any atom is -0.507 e. The molecule has 0 bridgehead atoms. The van der Waals surface area contributed by atoms with E-state index < -0.39 is 17.2 Å². The van der Waals surface area contributed by atoms with E-state index in [0.717, 1.165) is 38.5 Å². The molecule has 52 heavy (non-hydrogen) atoms. The molecule has 272 valence electrons. The maximum atomic E-state index is 13.4. The number of nitrogens with zero attached hydrogens (tertiary/aromatic N) is 1. The van der Waals surface area contributed by atoms with E-state index in [2.05, 4.69) is 5.32 Å². The molecule has 0 saturated heterocycles. The Morgan fingerprint density at radius 2 is 1.12 bits per heavy atom. The van der Waals surface area contributed by atoms with Crippen molar-refractivity contribution in [3.8, 4) is 11.5 Å². The molecule has 5 aromatic rings. The second-order valence-corrected chi connectivity index (χ2v) is 12.8. The molecular formula is C41H44N2O9. The van der Waals surface area contributed by atoms with Crippen LogP contribution in [0.15, 0.2) is 91.2 Å². The van der Waals surface area contributed by atoms with E-state index in [4.69, 9.17) is 8.83 Å². The average Bonchev–Trinajstić information content (AvgIpc) is 3.14. The van der Waals surface area contributed by atoms with Crippen LogP contribution in [0.2, 0.25) is 0 Å². The van der Waals surface area contributed by atoms with Gasteiger partial charge in [-0.3, -0.25) is 19.3 Å². The van der Waals surface area contributed by atoms with E-state index in [-0.39, 0.29) is 62.3 Å². The van der Waals surface area contributed by atoms with Gasteiger partial charge < -0.3 is 24.4 Å². The summed E-state index contributed by atoms with van der Waals surface area (Å²) in [5, 5.41) is 26.2. The van der Waals surface area contributed by atoms with Crippen LogP contribution in [0, 0.1) is 0 Å². The normalized spacial score (nSPS) is 11.3. The molecule has 3 amide bonds. The molecule has 2 aromatic heterocycles. The predicted octanol–water partition coefficient (Wildman–Crippen LogP) is 7.73. The molecule has 0 spiro atoms. The molecule has 5 rings (SSSR count). The average molecular weight is 709 g/mol. The van der Waals surface area contributed by atoms with Crippen LogP contribution >= 0.6 is 0 Å². The number of para-hydroxylation sites is 2. The van der Waals surface area contributed by atoms with Crippen LogP contribution in [0.3, 0.4) is 0 Å². The minimum atomic E-state index is -1.27. The number of hydrogen-bond acceptors (Lipinski definition) is 9. The Labute approximate surface area is 300 Å². The van der Waals surface area contributed by atoms with Crippen molar-refractivity contribution in [3.05, 3.63) is 110 Å². The van der Waals surface area contributed by atoms with Gasteiger partial charge >= 0.3 is 11.3 Å². The molecule has 0 radical (unpaired) electrons. The first-order valence-electron chi connectivity index (χ1n) is 17.9. The van der Waals surface area contributed by atoms with Gasteiger partial charge in [0.1, 0.15) is 22.7 Å². The molecule has 11 heteroatoms. The number of aromatic hydroxyl groups is 2. The van der Waals surface area contributed by atoms with Crippen molar-refractivity contribution in [2.75, 3.05) is 11.9 Å². The highest BCUT2D eigenvalue weighted by Crippen LogP contribution is 2.42. The monoisotopic (exact) mass is 708 g/mol. The van der Waals surface area contributed by atoms with Gasteiger partial charge in [-0.25, -0.2) is 9.59 Å². The quantitative estimate of drug-likeness (QED) is 0.0686. The van der Waals surface area contributed by atoms with E-state index in [0.29, 0.717) is 43.5 Å².